The highest BCUT2D eigenvalue weighted by atomic mass is 32.2. The molecule has 1 N–H and O–H groups in total. The Labute approximate surface area is 157 Å². The Balaban J connectivity index is 1.72. The number of sulfonamides is 1. The molecule has 0 radical (unpaired) electrons. The lowest BCUT2D eigenvalue weighted by atomic mass is 9.97. The standard InChI is InChI=1S/C18H19N3O5S/c1-20(27(25,26)16-3-2-7-19-10-16)12-17(22)21-8-6-13-4-5-14(18(23)24)9-15(13)11-21/h2-5,7,9-10H,6,8,11-12H2,1H3,(H,23,24). The summed E-state index contributed by atoms with van der Waals surface area (Å²) in [5.41, 5.74) is 1.94. The van der Waals surface area contributed by atoms with Gasteiger partial charge in [0.15, 0.2) is 0 Å². The molecular formula is C18H19N3O5S. The van der Waals surface area contributed by atoms with Gasteiger partial charge in [0.05, 0.1) is 12.1 Å². The first-order valence-corrected chi connectivity index (χ1v) is 9.72. The third-order valence-electron chi connectivity index (χ3n) is 4.52. The molecular weight excluding hydrogens is 370 g/mol. The molecule has 3 rings (SSSR count). The maximum atomic E-state index is 12.6. The van der Waals surface area contributed by atoms with Crippen LogP contribution in [0, 0.1) is 0 Å². The number of benzene rings is 1. The molecule has 0 spiro atoms. The van der Waals surface area contributed by atoms with Gasteiger partial charge in [0.2, 0.25) is 15.9 Å². The minimum atomic E-state index is -3.81. The first-order valence-electron chi connectivity index (χ1n) is 8.28. The zero-order chi connectivity index (χ0) is 19.6. The summed E-state index contributed by atoms with van der Waals surface area (Å²) in [4.78, 5) is 29.1. The number of aromatic carboxylic acids is 1. The van der Waals surface area contributed by atoms with Gasteiger partial charge in [-0.25, -0.2) is 13.2 Å². The summed E-state index contributed by atoms with van der Waals surface area (Å²) in [5.74, 6) is -1.36. The van der Waals surface area contributed by atoms with Gasteiger partial charge in [0.25, 0.3) is 0 Å². The normalized spacial score (nSPS) is 14.1. The molecule has 0 saturated carbocycles. The SMILES string of the molecule is CN(CC(=O)N1CCc2ccc(C(=O)O)cc2C1)S(=O)(=O)c1cccnc1. The molecule has 0 bridgehead atoms. The second-order valence-corrected chi connectivity index (χ2v) is 8.35. The number of aromatic nitrogens is 1. The van der Waals surface area contributed by atoms with Gasteiger partial charge in [0, 0.05) is 32.5 Å². The number of carbonyl (C=O) groups excluding carboxylic acids is 1. The number of rotatable bonds is 5. The molecule has 2 aromatic rings. The van der Waals surface area contributed by atoms with Crippen molar-refractivity contribution in [3.8, 4) is 0 Å². The van der Waals surface area contributed by atoms with E-state index in [2.05, 4.69) is 4.98 Å². The fourth-order valence-corrected chi connectivity index (χ4v) is 4.04. The fraction of sp³-hybridized carbons (Fsp3) is 0.278. The number of carboxylic acid groups (broad SMARTS) is 1. The predicted molar refractivity (Wildman–Crippen MR) is 96.6 cm³/mol. The van der Waals surface area contributed by atoms with Crippen molar-refractivity contribution in [1.82, 2.24) is 14.2 Å². The van der Waals surface area contributed by atoms with E-state index >= 15 is 0 Å². The van der Waals surface area contributed by atoms with Gasteiger partial charge in [-0.2, -0.15) is 4.31 Å². The molecule has 27 heavy (non-hydrogen) atoms. The first kappa shape index (κ1) is 19.0. The highest BCUT2D eigenvalue weighted by Gasteiger charge is 2.27. The summed E-state index contributed by atoms with van der Waals surface area (Å²) < 4.78 is 26.0. The van der Waals surface area contributed by atoms with Crippen molar-refractivity contribution < 1.29 is 23.1 Å². The number of fused-ring (bicyclic) bond motifs is 1. The maximum Gasteiger partial charge on any atom is 0.335 e. The van der Waals surface area contributed by atoms with Crippen molar-refractivity contribution in [3.63, 3.8) is 0 Å². The monoisotopic (exact) mass is 389 g/mol. The van der Waals surface area contributed by atoms with Crippen molar-refractivity contribution in [2.45, 2.75) is 17.9 Å². The predicted octanol–water partition coefficient (Wildman–Crippen LogP) is 0.985. The molecule has 9 heteroatoms. The molecule has 0 saturated heterocycles. The zero-order valence-electron chi connectivity index (χ0n) is 14.7. The first-order chi connectivity index (χ1) is 12.8. The topological polar surface area (TPSA) is 108 Å². The smallest absolute Gasteiger partial charge is 0.335 e. The number of carboxylic acids is 1. The lowest BCUT2D eigenvalue weighted by Gasteiger charge is -2.30. The van der Waals surface area contributed by atoms with Gasteiger partial charge in [-0.15, -0.1) is 0 Å². The minimum absolute atomic E-state index is 0.0235. The third kappa shape index (κ3) is 3.99. The summed E-state index contributed by atoms with van der Waals surface area (Å²) in [6.45, 7) is 0.417. The van der Waals surface area contributed by atoms with Crippen LogP contribution in [0.25, 0.3) is 0 Å². The van der Waals surface area contributed by atoms with Crippen LogP contribution in [0.4, 0.5) is 0 Å². The van der Waals surface area contributed by atoms with Crippen LogP contribution in [-0.4, -0.2) is 59.7 Å². The van der Waals surface area contributed by atoms with E-state index in [1.807, 2.05) is 0 Å². The van der Waals surface area contributed by atoms with Crippen molar-refractivity contribution >= 4 is 21.9 Å². The molecule has 0 aliphatic carbocycles. The Morgan fingerprint density at radius 3 is 2.70 bits per heavy atom. The van der Waals surface area contributed by atoms with E-state index in [0.717, 1.165) is 15.4 Å². The molecule has 0 atom stereocenters. The van der Waals surface area contributed by atoms with E-state index in [-0.39, 0.29) is 29.5 Å². The van der Waals surface area contributed by atoms with Crippen molar-refractivity contribution in [1.29, 1.82) is 0 Å². The van der Waals surface area contributed by atoms with Crippen LogP contribution >= 0.6 is 0 Å². The average molecular weight is 389 g/mol. The van der Waals surface area contributed by atoms with Crippen molar-refractivity contribution in [3.05, 3.63) is 59.4 Å². The number of nitrogens with zero attached hydrogens (tertiary/aromatic N) is 3. The van der Waals surface area contributed by atoms with Crippen molar-refractivity contribution in [2.75, 3.05) is 20.1 Å². The van der Waals surface area contributed by atoms with E-state index in [4.69, 9.17) is 5.11 Å². The molecule has 0 unspecified atom stereocenters. The lowest BCUT2D eigenvalue weighted by molar-refractivity contribution is -0.132. The highest BCUT2D eigenvalue weighted by Crippen LogP contribution is 2.21. The van der Waals surface area contributed by atoms with Gasteiger partial charge >= 0.3 is 5.97 Å². The zero-order valence-corrected chi connectivity index (χ0v) is 15.5. The van der Waals surface area contributed by atoms with Gasteiger partial charge in [-0.05, 0) is 41.8 Å². The Morgan fingerprint density at radius 2 is 2.04 bits per heavy atom. The second kappa shape index (κ2) is 7.45. The molecule has 1 amide bonds. The highest BCUT2D eigenvalue weighted by molar-refractivity contribution is 7.89. The molecule has 2 heterocycles. The summed E-state index contributed by atoms with van der Waals surface area (Å²) in [6, 6.07) is 7.82. The van der Waals surface area contributed by atoms with E-state index in [9.17, 15) is 18.0 Å². The molecule has 1 aromatic carbocycles. The average Bonchev–Trinajstić information content (AvgIpc) is 2.67. The minimum Gasteiger partial charge on any atom is -0.478 e. The lowest BCUT2D eigenvalue weighted by Crippen LogP contribution is -2.43. The Morgan fingerprint density at radius 1 is 1.26 bits per heavy atom. The van der Waals surface area contributed by atoms with Crippen LogP contribution < -0.4 is 0 Å². The number of carbonyl (C=O) groups is 2. The number of hydrogen-bond donors (Lipinski definition) is 1. The number of likely N-dealkylation sites (N-methyl/N-ethyl adjacent to an activating group) is 1. The molecule has 142 valence electrons. The fourth-order valence-electron chi connectivity index (χ4n) is 2.96. The quantitative estimate of drug-likeness (QED) is 0.817. The summed E-state index contributed by atoms with van der Waals surface area (Å²) >= 11 is 0. The van der Waals surface area contributed by atoms with Crippen molar-refractivity contribution in [2.24, 2.45) is 0 Å². The molecule has 8 nitrogen and oxygen atoms in total. The van der Waals surface area contributed by atoms with Gasteiger partial charge in [-0.3, -0.25) is 9.78 Å². The number of hydrogen-bond acceptors (Lipinski definition) is 5. The molecule has 1 aliphatic heterocycles. The van der Waals surface area contributed by atoms with Crippen LogP contribution in [0.15, 0.2) is 47.6 Å². The van der Waals surface area contributed by atoms with Crippen LogP contribution in [0.1, 0.15) is 21.5 Å². The van der Waals surface area contributed by atoms with Crippen LogP contribution in [0.5, 0.6) is 0 Å². The van der Waals surface area contributed by atoms with Gasteiger partial charge in [-0.1, -0.05) is 6.07 Å². The Bertz CT molecular complexity index is 976. The summed E-state index contributed by atoms with van der Waals surface area (Å²) in [6.07, 6.45) is 3.31. The summed E-state index contributed by atoms with van der Waals surface area (Å²) in [7, 11) is -2.46. The maximum absolute atomic E-state index is 12.6. The Hall–Kier alpha value is -2.78. The molecule has 1 aromatic heterocycles. The largest absolute Gasteiger partial charge is 0.478 e. The molecule has 1 aliphatic rings. The van der Waals surface area contributed by atoms with E-state index in [0.29, 0.717) is 13.0 Å². The van der Waals surface area contributed by atoms with Gasteiger partial charge < -0.3 is 10.0 Å². The van der Waals surface area contributed by atoms with E-state index in [1.54, 1.807) is 23.1 Å². The van der Waals surface area contributed by atoms with Gasteiger partial charge in [0.1, 0.15) is 4.90 Å². The third-order valence-corrected chi connectivity index (χ3v) is 6.31. The number of amides is 1. The van der Waals surface area contributed by atoms with E-state index in [1.165, 1.54) is 31.6 Å². The van der Waals surface area contributed by atoms with E-state index < -0.39 is 16.0 Å². The Kier molecular flexibility index (Phi) is 5.24. The van der Waals surface area contributed by atoms with Crippen LogP contribution in [0.3, 0.4) is 0 Å². The second-order valence-electron chi connectivity index (χ2n) is 6.30. The van der Waals surface area contributed by atoms with Crippen LogP contribution in [0.2, 0.25) is 0 Å². The summed E-state index contributed by atoms with van der Waals surface area (Å²) in [5, 5.41) is 9.12. The van der Waals surface area contributed by atoms with Crippen LogP contribution in [-0.2, 0) is 27.8 Å². The number of pyridine rings is 1. The molecule has 0 fully saturated rings.